The van der Waals surface area contributed by atoms with Gasteiger partial charge in [0.15, 0.2) is 0 Å². The van der Waals surface area contributed by atoms with Gasteiger partial charge in [0.1, 0.15) is 0 Å². The van der Waals surface area contributed by atoms with Crippen LogP contribution in [-0.4, -0.2) is 24.2 Å². The summed E-state index contributed by atoms with van der Waals surface area (Å²) in [6.07, 6.45) is 0.908. The fourth-order valence-electron chi connectivity index (χ4n) is 1.87. The molecule has 0 radical (unpaired) electrons. The van der Waals surface area contributed by atoms with Gasteiger partial charge in [0.05, 0.1) is 5.92 Å². The van der Waals surface area contributed by atoms with E-state index < -0.39 is 5.97 Å². The molecule has 14 heavy (non-hydrogen) atoms. The van der Waals surface area contributed by atoms with Crippen molar-refractivity contribution in [1.82, 2.24) is 5.32 Å². The standard InChI is InChI=1S/C11H23NO2/c1-7(2)6-9(12-5)10(8(3)4)11(13)14/h7-10,12H,6H2,1-5H3,(H,13,14). The van der Waals surface area contributed by atoms with Gasteiger partial charge in [0.25, 0.3) is 0 Å². The maximum Gasteiger partial charge on any atom is 0.308 e. The number of carboxylic acids is 1. The molecule has 0 fully saturated rings. The van der Waals surface area contributed by atoms with Gasteiger partial charge in [-0.3, -0.25) is 4.79 Å². The van der Waals surface area contributed by atoms with Crippen LogP contribution in [0, 0.1) is 17.8 Å². The highest BCUT2D eigenvalue weighted by Gasteiger charge is 2.30. The fraction of sp³-hybridized carbons (Fsp3) is 0.909. The molecule has 0 aliphatic heterocycles. The second-order valence-corrected chi connectivity index (χ2v) is 4.63. The molecule has 0 amide bonds. The van der Waals surface area contributed by atoms with Gasteiger partial charge >= 0.3 is 5.97 Å². The SMILES string of the molecule is CNC(CC(C)C)C(C(=O)O)C(C)C. The van der Waals surface area contributed by atoms with Crippen LogP contribution in [0.25, 0.3) is 0 Å². The van der Waals surface area contributed by atoms with Crippen LogP contribution in [0.3, 0.4) is 0 Å². The van der Waals surface area contributed by atoms with Crippen LogP contribution in [-0.2, 0) is 4.79 Å². The zero-order chi connectivity index (χ0) is 11.3. The van der Waals surface area contributed by atoms with E-state index in [1.165, 1.54) is 0 Å². The molecule has 0 bridgehead atoms. The third-order valence-corrected chi connectivity index (χ3v) is 2.53. The number of hydrogen-bond donors (Lipinski definition) is 2. The minimum Gasteiger partial charge on any atom is -0.481 e. The number of hydrogen-bond acceptors (Lipinski definition) is 2. The lowest BCUT2D eigenvalue weighted by molar-refractivity contribution is -0.144. The van der Waals surface area contributed by atoms with Crippen LogP contribution in [0.1, 0.15) is 34.1 Å². The lowest BCUT2D eigenvalue weighted by Gasteiger charge is -2.27. The van der Waals surface area contributed by atoms with Crippen molar-refractivity contribution in [3.05, 3.63) is 0 Å². The van der Waals surface area contributed by atoms with Gasteiger partial charge in [-0.25, -0.2) is 0 Å². The van der Waals surface area contributed by atoms with Crippen molar-refractivity contribution >= 4 is 5.97 Å². The molecule has 0 aliphatic carbocycles. The third kappa shape index (κ3) is 4.09. The second-order valence-electron chi connectivity index (χ2n) is 4.63. The monoisotopic (exact) mass is 201 g/mol. The Labute approximate surface area is 86.9 Å². The predicted octanol–water partition coefficient (Wildman–Crippen LogP) is 1.98. The Kier molecular flexibility index (Phi) is 5.77. The Morgan fingerprint density at radius 1 is 1.29 bits per heavy atom. The van der Waals surface area contributed by atoms with Gasteiger partial charge in [0.2, 0.25) is 0 Å². The third-order valence-electron chi connectivity index (χ3n) is 2.53. The van der Waals surface area contributed by atoms with E-state index in [1.807, 2.05) is 20.9 Å². The number of carboxylic acid groups (broad SMARTS) is 1. The Hall–Kier alpha value is -0.570. The summed E-state index contributed by atoms with van der Waals surface area (Å²) >= 11 is 0. The highest BCUT2D eigenvalue weighted by atomic mass is 16.4. The Balaban J connectivity index is 4.50. The molecule has 2 unspecified atom stereocenters. The summed E-state index contributed by atoms with van der Waals surface area (Å²) in [6.45, 7) is 8.15. The highest BCUT2D eigenvalue weighted by Crippen LogP contribution is 2.20. The van der Waals surface area contributed by atoms with Crippen LogP contribution >= 0.6 is 0 Å². The van der Waals surface area contributed by atoms with Gasteiger partial charge in [-0.15, -0.1) is 0 Å². The number of rotatable bonds is 6. The first kappa shape index (κ1) is 13.4. The van der Waals surface area contributed by atoms with E-state index in [0.29, 0.717) is 5.92 Å². The fourth-order valence-corrected chi connectivity index (χ4v) is 1.87. The molecule has 0 aromatic carbocycles. The predicted molar refractivity (Wildman–Crippen MR) is 58.3 cm³/mol. The van der Waals surface area contributed by atoms with Crippen LogP contribution in [0.15, 0.2) is 0 Å². The molecule has 0 saturated carbocycles. The van der Waals surface area contributed by atoms with Gasteiger partial charge < -0.3 is 10.4 Å². The lowest BCUT2D eigenvalue weighted by atomic mass is 9.84. The van der Waals surface area contributed by atoms with Crippen molar-refractivity contribution in [1.29, 1.82) is 0 Å². The minimum atomic E-state index is -0.694. The minimum absolute atomic E-state index is 0.0764. The topological polar surface area (TPSA) is 49.3 Å². The first-order chi connectivity index (χ1) is 6.40. The van der Waals surface area contributed by atoms with Gasteiger partial charge in [-0.05, 0) is 25.3 Å². The van der Waals surface area contributed by atoms with E-state index in [0.717, 1.165) is 6.42 Å². The molecule has 84 valence electrons. The van der Waals surface area contributed by atoms with Gasteiger partial charge in [0, 0.05) is 6.04 Å². The summed E-state index contributed by atoms with van der Waals surface area (Å²) < 4.78 is 0. The molecule has 0 aromatic heterocycles. The average molecular weight is 201 g/mol. The largest absolute Gasteiger partial charge is 0.481 e. The molecule has 0 rings (SSSR count). The quantitative estimate of drug-likeness (QED) is 0.691. The van der Waals surface area contributed by atoms with Gasteiger partial charge in [-0.2, -0.15) is 0 Å². The molecule has 0 aliphatic rings. The highest BCUT2D eigenvalue weighted by molar-refractivity contribution is 5.71. The van der Waals surface area contributed by atoms with Crippen LogP contribution < -0.4 is 5.32 Å². The van der Waals surface area contributed by atoms with Crippen LogP contribution in [0.2, 0.25) is 0 Å². The zero-order valence-corrected chi connectivity index (χ0v) is 9.87. The Morgan fingerprint density at radius 2 is 1.79 bits per heavy atom. The first-order valence-electron chi connectivity index (χ1n) is 5.30. The summed E-state index contributed by atoms with van der Waals surface area (Å²) in [5.74, 6) is -0.292. The summed E-state index contributed by atoms with van der Waals surface area (Å²) in [4.78, 5) is 11.1. The average Bonchev–Trinajstić information content (AvgIpc) is 2.00. The molecule has 0 spiro atoms. The normalized spacial score (nSPS) is 15.9. The summed E-state index contributed by atoms with van der Waals surface area (Å²) in [7, 11) is 1.84. The molecular weight excluding hydrogens is 178 g/mol. The van der Waals surface area contributed by atoms with Crippen molar-refractivity contribution in [2.24, 2.45) is 17.8 Å². The maximum absolute atomic E-state index is 11.1. The maximum atomic E-state index is 11.1. The van der Waals surface area contributed by atoms with Crippen LogP contribution in [0.5, 0.6) is 0 Å². The van der Waals surface area contributed by atoms with E-state index in [9.17, 15) is 4.79 Å². The van der Waals surface area contributed by atoms with Crippen molar-refractivity contribution in [2.45, 2.75) is 40.2 Å². The van der Waals surface area contributed by atoms with Crippen LogP contribution in [0.4, 0.5) is 0 Å². The Morgan fingerprint density at radius 3 is 2.00 bits per heavy atom. The molecule has 3 heteroatoms. The van der Waals surface area contributed by atoms with E-state index in [2.05, 4.69) is 19.2 Å². The number of aliphatic carboxylic acids is 1. The lowest BCUT2D eigenvalue weighted by Crippen LogP contribution is -2.41. The zero-order valence-electron chi connectivity index (χ0n) is 9.87. The Bertz CT molecular complexity index is 178. The summed E-state index contributed by atoms with van der Waals surface area (Å²) in [6, 6.07) is 0.0764. The van der Waals surface area contributed by atoms with E-state index in [4.69, 9.17) is 5.11 Å². The smallest absolute Gasteiger partial charge is 0.308 e. The van der Waals surface area contributed by atoms with E-state index in [1.54, 1.807) is 0 Å². The number of nitrogens with one attached hydrogen (secondary N) is 1. The summed E-state index contributed by atoms with van der Waals surface area (Å²) in [5.41, 5.74) is 0. The molecule has 0 aromatic rings. The summed E-state index contributed by atoms with van der Waals surface area (Å²) in [5, 5.41) is 12.2. The molecule has 3 nitrogen and oxygen atoms in total. The van der Waals surface area contributed by atoms with E-state index in [-0.39, 0.29) is 17.9 Å². The number of carbonyl (C=O) groups is 1. The molecular formula is C11H23NO2. The molecule has 0 heterocycles. The molecule has 2 atom stereocenters. The van der Waals surface area contributed by atoms with Gasteiger partial charge in [-0.1, -0.05) is 27.7 Å². The molecule has 0 saturated heterocycles. The van der Waals surface area contributed by atoms with E-state index >= 15 is 0 Å². The van der Waals surface area contributed by atoms with Crippen molar-refractivity contribution in [3.8, 4) is 0 Å². The van der Waals surface area contributed by atoms with Crippen molar-refractivity contribution in [2.75, 3.05) is 7.05 Å². The van der Waals surface area contributed by atoms with Crippen molar-refractivity contribution in [3.63, 3.8) is 0 Å². The first-order valence-corrected chi connectivity index (χ1v) is 5.30. The van der Waals surface area contributed by atoms with Crippen molar-refractivity contribution < 1.29 is 9.90 Å². The second kappa shape index (κ2) is 6.02. The molecule has 2 N–H and O–H groups in total.